The standard InChI is InChI=1S/C20H28N6S2/c1-7-13-27-19-22-18(28-25-19)24-23-16(14(2)20(3,4)5)17(21)26(6)15-11-9-8-10-12-15/h8-12,21H,2,7,13H2,1,3-6H3,(H,22,24,25). The molecule has 6 nitrogen and oxygen atoms in total. The Morgan fingerprint density at radius 2 is 2.00 bits per heavy atom. The Bertz CT molecular complexity index is 836. The molecule has 1 aromatic carbocycles. The molecule has 0 aliphatic rings. The first-order valence-electron chi connectivity index (χ1n) is 9.11. The molecule has 2 aromatic rings. The fourth-order valence-corrected chi connectivity index (χ4v) is 3.51. The molecule has 1 aromatic heterocycles. The van der Waals surface area contributed by atoms with Gasteiger partial charge >= 0.3 is 0 Å². The monoisotopic (exact) mass is 416 g/mol. The van der Waals surface area contributed by atoms with Crippen molar-refractivity contribution in [2.45, 2.75) is 39.3 Å². The molecular formula is C20H28N6S2. The van der Waals surface area contributed by atoms with Crippen molar-refractivity contribution in [2.75, 3.05) is 23.1 Å². The number of nitrogens with one attached hydrogen (secondary N) is 2. The molecule has 1 heterocycles. The number of hydrazone groups is 1. The maximum absolute atomic E-state index is 8.72. The van der Waals surface area contributed by atoms with Gasteiger partial charge in [-0.15, -0.1) is 0 Å². The number of thioether (sulfide) groups is 1. The molecule has 0 radical (unpaired) electrons. The highest BCUT2D eigenvalue weighted by atomic mass is 32.2. The number of hydrogen-bond donors (Lipinski definition) is 2. The van der Waals surface area contributed by atoms with Crippen LogP contribution in [0, 0.1) is 10.8 Å². The highest BCUT2D eigenvalue weighted by Crippen LogP contribution is 2.27. The molecule has 150 valence electrons. The van der Waals surface area contributed by atoms with Gasteiger partial charge in [0.25, 0.3) is 0 Å². The van der Waals surface area contributed by atoms with E-state index in [-0.39, 0.29) is 11.3 Å². The van der Waals surface area contributed by atoms with E-state index in [4.69, 9.17) is 5.41 Å². The van der Waals surface area contributed by atoms with Crippen molar-refractivity contribution in [3.63, 3.8) is 0 Å². The second-order valence-corrected chi connectivity index (χ2v) is 9.09. The van der Waals surface area contributed by atoms with Crippen LogP contribution in [0.3, 0.4) is 0 Å². The molecule has 28 heavy (non-hydrogen) atoms. The molecule has 0 saturated carbocycles. The average molecular weight is 417 g/mol. The minimum Gasteiger partial charge on any atom is -0.328 e. The van der Waals surface area contributed by atoms with E-state index in [0.717, 1.165) is 28.6 Å². The minimum atomic E-state index is -0.229. The molecule has 0 atom stereocenters. The summed E-state index contributed by atoms with van der Waals surface area (Å²) in [6.45, 7) is 12.5. The summed E-state index contributed by atoms with van der Waals surface area (Å²) in [7, 11) is 1.85. The van der Waals surface area contributed by atoms with E-state index < -0.39 is 0 Å². The maximum Gasteiger partial charge on any atom is 0.223 e. The van der Waals surface area contributed by atoms with Gasteiger partial charge in [0, 0.05) is 30.0 Å². The third kappa shape index (κ3) is 5.90. The molecule has 0 unspecified atom stereocenters. The number of para-hydroxylation sites is 1. The van der Waals surface area contributed by atoms with Gasteiger partial charge in [-0.2, -0.15) is 14.5 Å². The number of rotatable bonds is 8. The highest BCUT2D eigenvalue weighted by Gasteiger charge is 2.25. The maximum atomic E-state index is 8.72. The van der Waals surface area contributed by atoms with Gasteiger partial charge in [0.1, 0.15) is 5.71 Å². The normalized spacial score (nSPS) is 12.0. The highest BCUT2D eigenvalue weighted by molar-refractivity contribution is 7.99. The van der Waals surface area contributed by atoms with Gasteiger partial charge in [-0.3, -0.25) is 10.8 Å². The second-order valence-electron chi connectivity index (χ2n) is 7.27. The van der Waals surface area contributed by atoms with Gasteiger partial charge in [0.15, 0.2) is 5.84 Å². The van der Waals surface area contributed by atoms with Crippen molar-refractivity contribution in [2.24, 2.45) is 10.5 Å². The molecule has 0 spiro atoms. The summed E-state index contributed by atoms with van der Waals surface area (Å²) in [5, 5.41) is 14.6. The quantitative estimate of drug-likeness (QED) is 0.256. The van der Waals surface area contributed by atoms with Gasteiger partial charge in [0.05, 0.1) is 0 Å². The smallest absolute Gasteiger partial charge is 0.223 e. The lowest BCUT2D eigenvalue weighted by molar-refractivity contribution is 0.527. The van der Waals surface area contributed by atoms with Crippen molar-refractivity contribution in [3.8, 4) is 0 Å². The predicted octanol–water partition coefficient (Wildman–Crippen LogP) is 5.52. The summed E-state index contributed by atoms with van der Waals surface area (Å²) < 4.78 is 4.33. The van der Waals surface area contributed by atoms with Crippen molar-refractivity contribution >= 4 is 45.7 Å². The Morgan fingerprint density at radius 3 is 2.61 bits per heavy atom. The summed E-state index contributed by atoms with van der Waals surface area (Å²) in [6, 6.07) is 9.77. The molecule has 2 N–H and O–H groups in total. The molecule has 0 saturated heterocycles. The Morgan fingerprint density at radius 1 is 1.32 bits per heavy atom. The van der Waals surface area contributed by atoms with Crippen LogP contribution in [0.25, 0.3) is 0 Å². The van der Waals surface area contributed by atoms with Crippen LogP contribution in [0.4, 0.5) is 10.8 Å². The van der Waals surface area contributed by atoms with E-state index in [0.29, 0.717) is 10.8 Å². The molecule has 0 bridgehead atoms. The molecule has 0 amide bonds. The third-order valence-corrected chi connectivity index (χ3v) is 5.79. The van der Waals surface area contributed by atoms with E-state index in [2.05, 4.69) is 54.2 Å². The Hall–Kier alpha value is -2.19. The molecule has 2 rings (SSSR count). The molecule has 0 aliphatic carbocycles. The molecule has 0 fully saturated rings. The average Bonchev–Trinajstić information content (AvgIpc) is 3.13. The first-order valence-corrected chi connectivity index (χ1v) is 10.9. The fourth-order valence-electron chi connectivity index (χ4n) is 2.17. The van der Waals surface area contributed by atoms with Gasteiger partial charge in [-0.05, 0) is 29.5 Å². The van der Waals surface area contributed by atoms with Crippen LogP contribution in [0.15, 0.2) is 52.7 Å². The van der Waals surface area contributed by atoms with Crippen LogP contribution < -0.4 is 10.3 Å². The van der Waals surface area contributed by atoms with Crippen LogP contribution >= 0.6 is 23.3 Å². The Balaban J connectivity index is 2.26. The number of amidine groups is 1. The van der Waals surface area contributed by atoms with Gasteiger partial charge < -0.3 is 4.90 Å². The zero-order valence-corrected chi connectivity index (χ0v) is 18.7. The van der Waals surface area contributed by atoms with Crippen molar-refractivity contribution in [1.82, 2.24) is 9.36 Å². The predicted molar refractivity (Wildman–Crippen MR) is 123 cm³/mol. The van der Waals surface area contributed by atoms with Crippen LogP contribution in [-0.2, 0) is 0 Å². The Labute approximate surface area is 175 Å². The lowest BCUT2D eigenvalue weighted by atomic mass is 9.84. The van der Waals surface area contributed by atoms with Crippen LogP contribution in [-0.4, -0.2) is 33.7 Å². The third-order valence-electron chi connectivity index (χ3n) is 4.00. The van der Waals surface area contributed by atoms with Gasteiger partial charge in [0.2, 0.25) is 10.3 Å². The SMILES string of the molecule is C=C(C(=NNc1nc(SCCC)ns1)C(=N)N(C)c1ccccc1)C(C)(C)C. The Kier molecular flexibility index (Phi) is 7.77. The number of aromatic nitrogens is 2. The van der Waals surface area contributed by atoms with Crippen molar-refractivity contribution in [3.05, 3.63) is 42.5 Å². The van der Waals surface area contributed by atoms with Gasteiger partial charge in [-0.1, -0.05) is 64.2 Å². The zero-order valence-electron chi connectivity index (χ0n) is 17.1. The fraction of sp³-hybridized carbons (Fsp3) is 0.400. The summed E-state index contributed by atoms with van der Waals surface area (Å²) in [5.41, 5.74) is 4.93. The van der Waals surface area contributed by atoms with Crippen molar-refractivity contribution < 1.29 is 0 Å². The van der Waals surface area contributed by atoms with Crippen LogP contribution in [0.1, 0.15) is 34.1 Å². The van der Waals surface area contributed by atoms with E-state index in [1.165, 1.54) is 11.5 Å². The largest absolute Gasteiger partial charge is 0.328 e. The summed E-state index contributed by atoms with van der Waals surface area (Å²) in [6.07, 6.45) is 1.07. The minimum absolute atomic E-state index is 0.229. The number of benzene rings is 1. The van der Waals surface area contributed by atoms with E-state index in [9.17, 15) is 0 Å². The summed E-state index contributed by atoms with van der Waals surface area (Å²) >= 11 is 2.89. The topological polar surface area (TPSA) is 77.3 Å². The number of nitrogens with zero attached hydrogens (tertiary/aromatic N) is 4. The van der Waals surface area contributed by atoms with E-state index in [1.807, 2.05) is 37.4 Å². The number of anilines is 2. The van der Waals surface area contributed by atoms with E-state index >= 15 is 0 Å². The van der Waals surface area contributed by atoms with Crippen LogP contribution in [0.2, 0.25) is 0 Å². The zero-order chi connectivity index (χ0) is 20.7. The number of hydrogen-bond acceptors (Lipinski definition) is 7. The summed E-state index contributed by atoms with van der Waals surface area (Å²) in [4.78, 5) is 6.23. The first-order chi connectivity index (χ1) is 13.2. The van der Waals surface area contributed by atoms with Gasteiger partial charge in [-0.25, -0.2) is 0 Å². The lowest BCUT2D eigenvalue weighted by Crippen LogP contribution is -2.36. The van der Waals surface area contributed by atoms with E-state index in [1.54, 1.807) is 16.7 Å². The lowest BCUT2D eigenvalue weighted by Gasteiger charge is -2.27. The first kappa shape index (κ1) is 22.1. The van der Waals surface area contributed by atoms with Crippen molar-refractivity contribution in [1.29, 1.82) is 5.41 Å². The summed E-state index contributed by atoms with van der Waals surface area (Å²) in [5.74, 6) is 1.25. The second kappa shape index (κ2) is 9.84. The molecular weight excluding hydrogens is 388 g/mol. The van der Waals surface area contributed by atoms with Crippen LogP contribution in [0.5, 0.6) is 0 Å². The molecule has 0 aliphatic heterocycles. The molecule has 8 heteroatoms.